The number of carbonyl (C=O) groups is 1. The number of aryl methyl sites for hydroxylation is 1. The maximum Gasteiger partial charge on any atom is 0.243 e. The van der Waals surface area contributed by atoms with Crippen LogP contribution >= 0.6 is 0 Å². The van der Waals surface area contributed by atoms with E-state index >= 15 is 0 Å². The van der Waals surface area contributed by atoms with Crippen molar-refractivity contribution in [2.45, 2.75) is 29.8 Å². The molecule has 4 rings (SSSR count). The normalized spacial score (nSPS) is 23.0. The molecular formula is C25H29N3O4S. The summed E-state index contributed by atoms with van der Waals surface area (Å²) in [5, 5.41) is 9.98. The predicted molar refractivity (Wildman–Crippen MR) is 126 cm³/mol. The van der Waals surface area contributed by atoms with Crippen LogP contribution < -0.4 is 0 Å². The second-order valence-electron chi connectivity index (χ2n) is 8.87. The number of aliphatic hydroxyl groups is 1. The Morgan fingerprint density at radius 2 is 1.82 bits per heavy atom. The third-order valence-corrected chi connectivity index (χ3v) is 8.33. The number of carbonyl (C=O) groups excluding carboxylic acids is 1. The Balaban J connectivity index is 1.58. The summed E-state index contributed by atoms with van der Waals surface area (Å²) in [4.78, 5) is 16.8. The highest BCUT2D eigenvalue weighted by molar-refractivity contribution is 7.89. The standard InChI is InChI=1S/C25H29N3O4S/c1-18-7-4-5-9-23(18)33(31,32)27-15-21-25(22(17-29)28(21)24(30)16-27)20-12-10-19(11-13-20)8-6-14-26(2)3/h4-5,7,9-13,21-22,25,29H,14-17H2,1-3H3/t21-,22-,25-/m1/s1. The van der Waals surface area contributed by atoms with Crippen LogP contribution in [0.2, 0.25) is 0 Å². The molecule has 3 atom stereocenters. The number of hydrogen-bond acceptors (Lipinski definition) is 5. The number of piperazine rings is 1. The monoisotopic (exact) mass is 467 g/mol. The van der Waals surface area contributed by atoms with Crippen LogP contribution in [-0.2, 0) is 14.8 Å². The summed E-state index contributed by atoms with van der Waals surface area (Å²) in [7, 11) is 0.122. The number of hydrogen-bond donors (Lipinski definition) is 1. The fourth-order valence-electron chi connectivity index (χ4n) is 4.73. The summed E-state index contributed by atoms with van der Waals surface area (Å²) in [5.41, 5.74) is 2.51. The molecule has 0 spiro atoms. The van der Waals surface area contributed by atoms with Gasteiger partial charge in [0.2, 0.25) is 15.9 Å². The van der Waals surface area contributed by atoms with Crippen molar-refractivity contribution >= 4 is 15.9 Å². The van der Waals surface area contributed by atoms with Gasteiger partial charge in [0.1, 0.15) is 0 Å². The van der Waals surface area contributed by atoms with Crippen molar-refractivity contribution in [3.8, 4) is 11.8 Å². The molecule has 2 saturated heterocycles. The Hall–Kier alpha value is -2.70. The minimum Gasteiger partial charge on any atom is -0.394 e. The molecule has 0 saturated carbocycles. The summed E-state index contributed by atoms with van der Waals surface area (Å²) in [6.07, 6.45) is 0. The van der Waals surface area contributed by atoms with E-state index in [1.54, 1.807) is 36.1 Å². The molecule has 8 heteroatoms. The van der Waals surface area contributed by atoms with E-state index in [9.17, 15) is 18.3 Å². The smallest absolute Gasteiger partial charge is 0.243 e. The molecule has 2 heterocycles. The quantitative estimate of drug-likeness (QED) is 0.670. The van der Waals surface area contributed by atoms with Gasteiger partial charge in [0.15, 0.2) is 0 Å². The van der Waals surface area contributed by atoms with Crippen LogP contribution in [0.15, 0.2) is 53.4 Å². The zero-order chi connectivity index (χ0) is 23.8. The van der Waals surface area contributed by atoms with Crippen molar-refractivity contribution in [2.75, 3.05) is 40.3 Å². The number of fused-ring (bicyclic) bond motifs is 1. The van der Waals surface area contributed by atoms with Crippen LogP contribution in [0, 0.1) is 18.8 Å². The lowest BCUT2D eigenvalue weighted by molar-refractivity contribution is -0.158. The van der Waals surface area contributed by atoms with Gasteiger partial charge in [-0.05, 0) is 50.3 Å². The Morgan fingerprint density at radius 3 is 2.45 bits per heavy atom. The van der Waals surface area contributed by atoms with Gasteiger partial charge in [-0.15, -0.1) is 0 Å². The van der Waals surface area contributed by atoms with Gasteiger partial charge in [-0.1, -0.05) is 42.2 Å². The van der Waals surface area contributed by atoms with Crippen LogP contribution in [0.1, 0.15) is 22.6 Å². The Bertz CT molecular complexity index is 1200. The molecule has 0 unspecified atom stereocenters. The van der Waals surface area contributed by atoms with Crippen LogP contribution in [0.4, 0.5) is 0 Å². The number of amides is 1. The maximum atomic E-state index is 13.3. The molecule has 2 aromatic rings. The van der Waals surface area contributed by atoms with Crippen LogP contribution in [0.25, 0.3) is 0 Å². The first-order valence-corrected chi connectivity index (χ1v) is 12.4. The van der Waals surface area contributed by atoms with Crippen LogP contribution in [0.3, 0.4) is 0 Å². The minimum atomic E-state index is -3.80. The lowest BCUT2D eigenvalue weighted by atomic mass is 9.74. The van der Waals surface area contributed by atoms with Crippen LogP contribution in [0.5, 0.6) is 0 Å². The first kappa shape index (κ1) is 23.5. The molecule has 0 aliphatic carbocycles. The molecule has 33 heavy (non-hydrogen) atoms. The van der Waals surface area contributed by atoms with E-state index in [2.05, 4.69) is 11.8 Å². The molecular weight excluding hydrogens is 438 g/mol. The molecule has 2 aliphatic rings. The molecule has 0 bridgehead atoms. The Labute approximate surface area is 195 Å². The third kappa shape index (κ3) is 4.42. The summed E-state index contributed by atoms with van der Waals surface area (Å²) in [5.74, 6) is 5.81. The van der Waals surface area contributed by atoms with Crippen LogP contribution in [-0.4, -0.2) is 86.0 Å². The summed E-state index contributed by atoms with van der Waals surface area (Å²) in [6, 6.07) is 13.9. The Morgan fingerprint density at radius 1 is 1.12 bits per heavy atom. The number of aliphatic hydroxyl groups excluding tert-OH is 1. The molecule has 174 valence electrons. The topological polar surface area (TPSA) is 81.2 Å². The van der Waals surface area contributed by atoms with Crippen molar-refractivity contribution in [1.29, 1.82) is 0 Å². The molecule has 2 aromatic carbocycles. The SMILES string of the molecule is Cc1ccccc1S(=O)(=O)N1CC(=O)N2[C@H](CO)[C@H](c3ccc(C#CCN(C)C)cc3)[C@H]2C1. The van der Waals surface area contributed by atoms with E-state index in [0.29, 0.717) is 12.1 Å². The fraction of sp³-hybridized carbons (Fsp3) is 0.400. The van der Waals surface area contributed by atoms with Crippen molar-refractivity contribution < 1.29 is 18.3 Å². The lowest BCUT2D eigenvalue weighted by Gasteiger charge is -2.58. The van der Waals surface area contributed by atoms with E-state index in [1.807, 2.05) is 43.3 Å². The lowest BCUT2D eigenvalue weighted by Crippen LogP contribution is -2.73. The molecule has 0 aromatic heterocycles. The second-order valence-corrected chi connectivity index (χ2v) is 10.8. The second kappa shape index (κ2) is 9.27. The van der Waals surface area contributed by atoms with Gasteiger partial charge in [-0.3, -0.25) is 9.69 Å². The van der Waals surface area contributed by atoms with E-state index in [0.717, 1.165) is 11.1 Å². The van der Waals surface area contributed by atoms with Gasteiger partial charge in [0.05, 0.1) is 36.7 Å². The first-order chi connectivity index (χ1) is 15.7. The molecule has 1 N–H and O–H groups in total. The van der Waals surface area contributed by atoms with Crippen molar-refractivity contribution in [2.24, 2.45) is 0 Å². The zero-order valence-corrected chi connectivity index (χ0v) is 19.9. The van der Waals surface area contributed by atoms with E-state index in [1.165, 1.54) is 4.31 Å². The highest BCUT2D eigenvalue weighted by Gasteiger charge is 2.55. The number of sulfonamides is 1. The molecule has 1 amide bonds. The number of nitrogens with zero attached hydrogens (tertiary/aromatic N) is 3. The van der Waals surface area contributed by atoms with Gasteiger partial charge in [0, 0.05) is 18.0 Å². The molecule has 2 fully saturated rings. The predicted octanol–water partition coefficient (Wildman–Crippen LogP) is 1.27. The maximum absolute atomic E-state index is 13.3. The summed E-state index contributed by atoms with van der Waals surface area (Å²) >= 11 is 0. The average Bonchev–Trinajstić information content (AvgIpc) is 2.76. The zero-order valence-electron chi connectivity index (χ0n) is 19.1. The van der Waals surface area contributed by atoms with Gasteiger partial charge < -0.3 is 10.0 Å². The first-order valence-electron chi connectivity index (χ1n) is 11.0. The molecule has 7 nitrogen and oxygen atoms in total. The third-order valence-electron chi connectivity index (χ3n) is 6.36. The van der Waals surface area contributed by atoms with Gasteiger partial charge in [-0.2, -0.15) is 4.31 Å². The number of benzene rings is 2. The summed E-state index contributed by atoms with van der Waals surface area (Å²) in [6.45, 7) is 2.25. The minimum absolute atomic E-state index is 0.141. The van der Waals surface area contributed by atoms with Gasteiger partial charge in [0.25, 0.3) is 0 Å². The number of rotatable bonds is 5. The van der Waals surface area contributed by atoms with Crippen molar-refractivity contribution in [1.82, 2.24) is 14.1 Å². The van der Waals surface area contributed by atoms with Crippen molar-refractivity contribution in [3.63, 3.8) is 0 Å². The highest BCUT2D eigenvalue weighted by atomic mass is 32.2. The van der Waals surface area contributed by atoms with E-state index in [-0.39, 0.29) is 48.5 Å². The fourth-order valence-corrected chi connectivity index (χ4v) is 6.36. The summed E-state index contributed by atoms with van der Waals surface area (Å²) < 4.78 is 27.9. The largest absolute Gasteiger partial charge is 0.394 e. The van der Waals surface area contributed by atoms with E-state index < -0.39 is 10.0 Å². The highest BCUT2D eigenvalue weighted by Crippen LogP contribution is 2.43. The van der Waals surface area contributed by atoms with Gasteiger partial charge >= 0.3 is 0 Å². The van der Waals surface area contributed by atoms with E-state index in [4.69, 9.17) is 0 Å². The van der Waals surface area contributed by atoms with Crippen molar-refractivity contribution in [3.05, 3.63) is 65.2 Å². The van der Waals surface area contributed by atoms with Gasteiger partial charge in [-0.25, -0.2) is 8.42 Å². The molecule has 0 radical (unpaired) electrons. The Kier molecular flexibility index (Phi) is 6.59. The average molecular weight is 468 g/mol. The molecule has 2 aliphatic heterocycles.